The zero-order chi connectivity index (χ0) is 9.40. The Labute approximate surface area is 70.5 Å². The van der Waals surface area contributed by atoms with E-state index in [1.54, 1.807) is 18.4 Å². The molecule has 0 atom stereocenters. The second-order valence-electron chi connectivity index (χ2n) is 1.98. The van der Waals surface area contributed by atoms with E-state index in [9.17, 15) is 0 Å². The maximum absolute atomic E-state index is 9.05. The van der Waals surface area contributed by atoms with E-state index in [4.69, 9.17) is 15.0 Å². The van der Waals surface area contributed by atoms with Crippen molar-refractivity contribution in [3.05, 3.63) is 35.9 Å². The molecule has 4 heteroatoms. The van der Waals surface area contributed by atoms with Crippen LogP contribution >= 0.6 is 0 Å². The minimum Gasteiger partial charge on any atom is -0.506 e. The highest BCUT2D eigenvalue weighted by Gasteiger charge is 1.93. The molecule has 1 aliphatic heterocycles. The maximum Gasteiger partial charge on any atom is 0.290 e. The van der Waals surface area contributed by atoms with Crippen molar-refractivity contribution in [1.29, 1.82) is 0 Å². The lowest BCUT2D eigenvalue weighted by molar-refractivity contribution is -0.122. The molecule has 0 saturated heterocycles. The van der Waals surface area contributed by atoms with Crippen LogP contribution in [0.25, 0.3) is 0 Å². The predicted molar refractivity (Wildman–Crippen MR) is 45.4 cm³/mol. The molecular weight excluding hydrogens is 158 g/mol. The first-order chi connectivity index (χ1) is 5.72. The molecule has 66 valence electrons. The maximum atomic E-state index is 9.05. The number of aliphatic hydroxyl groups excluding tert-OH is 1. The second kappa shape index (κ2) is 6.03. The number of nitrogens with one attached hydrogen (secondary N) is 1. The highest BCUT2D eigenvalue weighted by Crippen LogP contribution is 2.01. The monoisotopic (exact) mass is 169 g/mol. The highest BCUT2D eigenvalue weighted by molar-refractivity contribution is 5.32. The minimum atomic E-state index is -0.250. The van der Waals surface area contributed by atoms with E-state index < -0.39 is 0 Å². The zero-order valence-electron chi connectivity index (χ0n) is 6.69. The van der Waals surface area contributed by atoms with Crippen LogP contribution in [-0.4, -0.2) is 16.7 Å². The summed E-state index contributed by atoms with van der Waals surface area (Å²) in [4.78, 5) is 8.36. The van der Waals surface area contributed by atoms with Crippen LogP contribution in [0, 0.1) is 0 Å². The van der Waals surface area contributed by atoms with Crippen molar-refractivity contribution < 1.29 is 15.0 Å². The Balaban J connectivity index is 0.000000354. The van der Waals surface area contributed by atoms with Gasteiger partial charge in [0, 0.05) is 6.20 Å². The molecule has 0 aromatic rings. The average molecular weight is 169 g/mol. The summed E-state index contributed by atoms with van der Waals surface area (Å²) in [5.74, 6) is 0.292. The molecule has 0 bridgehead atoms. The van der Waals surface area contributed by atoms with Gasteiger partial charge in [-0.1, -0.05) is 6.08 Å². The van der Waals surface area contributed by atoms with Crippen LogP contribution in [0.3, 0.4) is 0 Å². The van der Waals surface area contributed by atoms with Gasteiger partial charge in [-0.2, -0.15) is 0 Å². The molecular formula is C8H11NO3. The van der Waals surface area contributed by atoms with E-state index >= 15 is 0 Å². The Kier molecular flexibility index (Phi) is 5.17. The van der Waals surface area contributed by atoms with Gasteiger partial charge in [0.25, 0.3) is 6.47 Å². The molecule has 3 N–H and O–H groups in total. The van der Waals surface area contributed by atoms with Gasteiger partial charge in [-0.25, -0.2) is 0 Å². The molecule has 0 radical (unpaired) electrons. The highest BCUT2D eigenvalue weighted by atomic mass is 16.3. The fraction of sp³-hybridized carbons (Fsp3) is 0.125. The Morgan fingerprint density at radius 1 is 1.50 bits per heavy atom. The summed E-state index contributed by atoms with van der Waals surface area (Å²) < 4.78 is 0. The molecule has 0 spiro atoms. The van der Waals surface area contributed by atoms with Crippen molar-refractivity contribution in [3.63, 3.8) is 0 Å². The third kappa shape index (κ3) is 4.16. The van der Waals surface area contributed by atoms with Crippen LogP contribution in [0.5, 0.6) is 0 Å². The Morgan fingerprint density at radius 3 is 2.67 bits per heavy atom. The van der Waals surface area contributed by atoms with E-state index in [-0.39, 0.29) is 6.47 Å². The Bertz CT molecular complexity index is 228. The molecule has 0 unspecified atom stereocenters. The van der Waals surface area contributed by atoms with Gasteiger partial charge in [0.15, 0.2) is 0 Å². The van der Waals surface area contributed by atoms with Gasteiger partial charge in [0.2, 0.25) is 0 Å². The normalized spacial score (nSPS) is 14.1. The van der Waals surface area contributed by atoms with Crippen molar-refractivity contribution in [2.45, 2.75) is 6.92 Å². The van der Waals surface area contributed by atoms with Gasteiger partial charge in [0.1, 0.15) is 5.76 Å². The number of hydrogen-bond donors (Lipinski definition) is 3. The molecule has 0 saturated carbocycles. The summed E-state index contributed by atoms with van der Waals surface area (Å²) in [6.45, 7) is 1.56. The number of hydrogen-bond acceptors (Lipinski definition) is 3. The van der Waals surface area contributed by atoms with Gasteiger partial charge >= 0.3 is 0 Å². The van der Waals surface area contributed by atoms with Gasteiger partial charge < -0.3 is 15.5 Å². The van der Waals surface area contributed by atoms with Crippen LogP contribution in [0.4, 0.5) is 0 Å². The summed E-state index contributed by atoms with van der Waals surface area (Å²) in [5, 5.41) is 18.8. The fourth-order valence-electron chi connectivity index (χ4n) is 0.574. The predicted octanol–water partition coefficient (Wildman–Crippen LogP) is 1.15. The summed E-state index contributed by atoms with van der Waals surface area (Å²) >= 11 is 0. The molecule has 12 heavy (non-hydrogen) atoms. The topological polar surface area (TPSA) is 69.6 Å². The number of rotatable bonds is 0. The Morgan fingerprint density at radius 2 is 2.08 bits per heavy atom. The lowest BCUT2D eigenvalue weighted by atomic mass is 10.4. The zero-order valence-corrected chi connectivity index (χ0v) is 6.69. The van der Waals surface area contributed by atoms with E-state index in [1.807, 2.05) is 13.0 Å². The molecule has 1 rings (SSSR count). The van der Waals surface area contributed by atoms with Gasteiger partial charge in [0.05, 0.1) is 5.70 Å². The number of aliphatic hydroxyl groups is 1. The third-order valence-electron chi connectivity index (χ3n) is 1.15. The standard InChI is InChI=1S/C7H9NO.CH2O2/c1-6-7(9)4-2-3-5-8-6;2-1-3/h2-5,8-9H,1H3;1H,(H,2,3). The molecule has 0 amide bonds. The van der Waals surface area contributed by atoms with Gasteiger partial charge in [-0.05, 0) is 19.1 Å². The molecule has 1 heterocycles. The van der Waals surface area contributed by atoms with Crippen LogP contribution in [0.2, 0.25) is 0 Å². The first kappa shape index (κ1) is 10.3. The Hall–Kier alpha value is -1.71. The number of carbonyl (C=O) groups is 1. The number of allylic oxidation sites excluding steroid dienone is 4. The molecule has 0 aliphatic carbocycles. The van der Waals surface area contributed by atoms with Crippen LogP contribution in [-0.2, 0) is 4.79 Å². The summed E-state index contributed by atoms with van der Waals surface area (Å²) in [5.41, 5.74) is 0.778. The first-order valence-corrected chi connectivity index (χ1v) is 3.29. The molecule has 1 aliphatic rings. The molecule has 0 fully saturated rings. The average Bonchev–Trinajstić information content (AvgIpc) is 2.19. The summed E-state index contributed by atoms with van der Waals surface area (Å²) in [7, 11) is 0. The van der Waals surface area contributed by atoms with Crippen LogP contribution in [0.1, 0.15) is 6.92 Å². The quantitative estimate of drug-likeness (QED) is 0.476. The fourth-order valence-corrected chi connectivity index (χ4v) is 0.574. The third-order valence-corrected chi connectivity index (χ3v) is 1.15. The van der Waals surface area contributed by atoms with E-state index in [0.29, 0.717) is 5.76 Å². The van der Waals surface area contributed by atoms with Crippen LogP contribution < -0.4 is 5.32 Å². The van der Waals surface area contributed by atoms with E-state index in [0.717, 1.165) is 5.70 Å². The summed E-state index contributed by atoms with van der Waals surface area (Å²) in [6.07, 6.45) is 7.02. The largest absolute Gasteiger partial charge is 0.506 e. The van der Waals surface area contributed by atoms with Gasteiger partial charge in [-0.15, -0.1) is 0 Å². The molecule has 0 aromatic carbocycles. The summed E-state index contributed by atoms with van der Waals surface area (Å²) in [6, 6.07) is 0. The van der Waals surface area contributed by atoms with Crippen molar-refractivity contribution >= 4 is 6.47 Å². The smallest absolute Gasteiger partial charge is 0.290 e. The molecule has 0 aromatic heterocycles. The van der Waals surface area contributed by atoms with Gasteiger partial charge in [-0.3, -0.25) is 4.79 Å². The lowest BCUT2D eigenvalue weighted by Gasteiger charge is -1.98. The first-order valence-electron chi connectivity index (χ1n) is 3.29. The SMILES string of the molecule is CC1=C(O)C=CC=CN1.O=CO. The van der Waals surface area contributed by atoms with Crippen molar-refractivity contribution in [2.24, 2.45) is 0 Å². The molecule has 4 nitrogen and oxygen atoms in total. The van der Waals surface area contributed by atoms with E-state index in [2.05, 4.69) is 5.32 Å². The van der Waals surface area contributed by atoms with E-state index in [1.165, 1.54) is 0 Å². The number of carboxylic acid groups (broad SMARTS) is 1. The van der Waals surface area contributed by atoms with Crippen LogP contribution in [0.15, 0.2) is 35.9 Å². The van der Waals surface area contributed by atoms with Crippen molar-refractivity contribution in [1.82, 2.24) is 5.32 Å². The second-order valence-corrected chi connectivity index (χ2v) is 1.98. The minimum absolute atomic E-state index is 0.250. The van der Waals surface area contributed by atoms with Crippen molar-refractivity contribution in [3.8, 4) is 0 Å². The lowest BCUT2D eigenvalue weighted by Crippen LogP contribution is -2.01. The van der Waals surface area contributed by atoms with Crippen molar-refractivity contribution in [2.75, 3.05) is 0 Å².